The number of carbonyl (C=O) groups excluding carboxylic acids is 1. The zero-order chi connectivity index (χ0) is 9.26. The van der Waals surface area contributed by atoms with E-state index in [1.165, 1.54) is 0 Å². The van der Waals surface area contributed by atoms with E-state index in [0.717, 1.165) is 23.3 Å². The largest absolute Gasteiger partial charge is 0.550 e. The molecule has 1 aliphatic heterocycles. The summed E-state index contributed by atoms with van der Waals surface area (Å²) in [6.07, 6.45) is 0.873. The standard InChI is InChI=1S/C10H10O3/c11-10(12)6-7-1-2-8-3-4-13-9(8)5-7/h1-2,5H,3-4,6H2,(H,11,12)/p-1. The SMILES string of the molecule is O=C([O-])Cc1ccc2c(c1)OCC2. The number of hydrogen-bond donors (Lipinski definition) is 0. The quantitative estimate of drug-likeness (QED) is 0.634. The summed E-state index contributed by atoms with van der Waals surface area (Å²) in [5, 5.41) is 10.3. The first-order valence-electron chi connectivity index (χ1n) is 4.20. The van der Waals surface area contributed by atoms with Gasteiger partial charge in [-0.3, -0.25) is 0 Å². The molecule has 0 aromatic heterocycles. The average molecular weight is 177 g/mol. The Morgan fingerprint density at radius 3 is 3.15 bits per heavy atom. The van der Waals surface area contributed by atoms with Gasteiger partial charge in [-0.1, -0.05) is 12.1 Å². The van der Waals surface area contributed by atoms with Gasteiger partial charge in [0.15, 0.2) is 0 Å². The van der Waals surface area contributed by atoms with Gasteiger partial charge in [-0.25, -0.2) is 0 Å². The molecule has 1 aromatic carbocycles. The summed E-state index contributed by atoms with van der Waals surface area (Å²) in [4.78, 5) is 10.3. The smallest absolute Gasteiger partial charge is 0.122 e. The summed E-state index contributed by atoms with van der Waals surface area (Å²) in [5.74, 6) is -0.239. The van der Waals surface area contributed by atoms with Gasteiger partial charge < -0.3 is 14.6 Å². The van der Waals surface area contributed by atoms with Crippen LogP contribution >= 0.6 is 0 Å². The Balaban J connectivity index is 2.25. The number of benzene rings is 1. The Morgan fingerprint density at radius 1 is 1.54 bits per heavy atom. The molecule has 3 nitrogen and oxygen atoms in total. The Hall–Kier alpha value is -1.51. The maximum absolute atomic E-state index is 10.3. The highest BCUT2D eigenvalue weighted by Gasteiger charge is 2.11. The lowest BCUT2D eigenvalue weighted by Crippen LogP contribution is -2.24. The van der Waals surface area contributed by atoms with Crippen molar-refractivity contribution < 1.29 is 14.6 Å². The Labute approximate surface area is 76.0 Å². The Kier molecular flexibility index (Phi) is 1.93. The summed E-state index contributed by atoms with van der Waals surface area (Å²) in [6.45, 7) is 0.699. The zero-order valence-electron chi connectivity index (χ0n) is 7.08. The van der Waals surface area contributed by atoms with Crippen molar-refractivity contribution in [3.63, 3.8) is 0 Å². The molecule has 2 rings (SSSR count). The van der Waals surface area contributed by atoms with Gasteiger partial charge in [0.05, 0.1) is 6.61 Å². The molecule has 0 saturated heterocycles. The number of fused-ring (bicyclic) bond motifs is 1. The van der Waals surface area contributed by atoms with Gasteiger partial charge in [-0.2, -0.15) is 0 Å². The third-order valence-electron chi connectivity index (χ3n) is 2.11. The second-order valence-corrected chi connectivity index (χ2v) is 3.09. The fourth-order valence-electron chi connectivity index (χ4n) is 1.49. The van der Waals surface area contributed by atoms with E-state index in [4.69, 9.17) is 4.74 Å². The molecule has 0 amide bonds. The van der Waals surface area contributed by atoms with Crippen LogP contribution < -0.4 is 9.84 Å². The fraction of sp³-hybridized carbons (Fsp3) is 0.300. The maximum atomic E-state index is 10.3. The van der Waals surface area contributed by atoms with Crippen molar-refractivity contribution in [2.24, 2.45) is 0 Å². The van der Waals surface area contributed by atoms with Gasteiger partial charge in [0.1, 0.15) is 5.75 Å². The first kappa shape index (κ1) is 8.10. The topological polar surface area (TPSA) is 49.4 Å². The van der Waals surface area contributed by atoms with E-state index >= 15 is 0 Å². The molecule has 0 saturated carbocycles. The van der Waals surface area contributed by atoms with Gasteiger partial charge in [0.2, 0.25) is 0 Å². The summed E-state index contributed by atoms with van der Waals surface area (Å²) < 4.78 is 5.31. The van der Waals surface area contributed by atoms with E-state index in [9.17, 15) is 9.90 Å². The number of carboxylic acids is 1. The van der Waals surface area contributed by atoms with E-state index in [0.29, 0.717) is 6.61 Å². The van der Waals surface area contributed by atoms with Crippen LogP contribution in [0, 0.1) is 0 Å². The molecule has 0 spiro atoms. The second kappa shape index (κ2) is 3.09. The van der Waals surface area contributed by atoms with Gasteiger partial charge in [-0.15, -0.1) is 0 Å². The molecule has 1 aromatic rings. The molecule has 68 valence electrons. The highest BCUT2D eigenvalue weighted by atomic mass is 16.5. The van der Waals surface area contributed by atoms with E-state index in [-0.39, 0.29) is 6.42 Å². The molecule has 0 atom stereocenters. The molecule has 1 heterocycles. The van der Waals surface area contributed by atoms with Crippen LogP contribution in [0.15, 0.2) is 18.2 Å². The van der Waals surface area contributed by atoms with Crippen LogP contribution in [0.3, 0.4) is 0 Å². The van der Waals surface area contributed by atoms with Crippen molar-refractivity contribution in [2.75, 3.05) is 6.61 Å². The first-order valence-corrected chi connectivity index (χ1v) is 4.20. The molecule has 13 heavy (non-hydrogen) atoms. The van der Waals surface area contributed by atoms with Crippen LogP contribution in [-0.2, 0) is 17.6 Å². The molecule has 0 radical (unpaired) electrons. The average Bonchev–Trinajstić information content (AvgIpc) is 2.49. The van der Waals surface area contributed by atoms with Crippen LogP contribution in [-0.4, -0.2) is 12.6 Å². The monoisotopic (exact) mass is 177 g/mol. The highest BCUT2D eigenvalue weighted by molar-refractivity contribution is 5.68. The molecule has 0 aliphatic carbocycles. The lowest BCUT2D eigenvalue weighted by molar-refractivity contribution is -0.304. The number of hydrogen-bond acceptors (Lipinski definition) is 3. The van der Waals surface area contributed by atoms with Crippen LogP contribution in [0.2, 0.25) is 0 Å². The number of aliphatic carboxylic acids is 1. The molecule has 0 bridgehead atoms. The third-order valence-corrected chi connectivity index (χ3v) is 2.11. The molecular formula is C10H9O3-. The minimum atomic E-state index is -1.06. The Morgan fingerprint density at radius 2 is 2.38 bits per heavy atom. The van der Waals surface area contributed by atoms with Gasteiger partial charge in [0, 0.05) is 18.8 Å². The predicted octanol–water partition coefficient (Wildman–Crippen LogP) is -0.0861. The second-order valence-electron chi connectivity index (χ2n) is 3.09. The molecular weight excluding hydrogens is 168 g/mol. The van der Waals surface area contributed by atoms with Crippen LogP contribution in [0.1, 0.15) is 11.1 Å². The van der Waals surface area contributed by atoms with E-state index in [2.05, 4.69) is 0 Å². The summed E-state index contributed by atoms with van der Waals surface area (Å²) >= 11 is 0. The summed E-state index contributed by atoms with van der Waals surface area (Å²) in [5.41, 5.74) is 1.89. The molecule has 0 fully saturated rings. The third kappa shape index (κ3) is 1.64. The van der Waals surface area contributed by atoms with Gasteiger partial charge >= 0.3 is 0 Å². The number of ether oxygens (including phenoxy) is 1. The van der Waals surface area contributed by atoms with Crippen molar-refractivity contribution in [1.82, 2.24) is 0 Å². The van der Waals surface area contributed by atoms with Crippen molar-refractivity contribution >= 4 is 5.97 Å². The lowest BCUT2D eigenvalue weighted by Gasteiger charge is -2.04. The number of carboxylic acid groups (broad SMARTS) is 1. The maximum Gasteiger partial charge on any atom is 0.122 e. The van der Waals surface area contributed by atoms with Crippen molar-refractivity contribution in [1.29, 1.82) is 0 Å². The van der Waals surface area contributed by atoms with E-state index < -0.39 is 5.97 Å². The minimum absolute atomic E-state index is 0.0450. The molecule has 0 unspecified atom stereocenters. The van der Waals surface area contributed by atoms with Crippen LogP contribution in [0.5, 0.6) is 5.75 Å². The minimum Gasteiger partial charge on any atom is -0.550 e. The molecule has 3 heteroatoms. The van der Waals surface area contributed by atoms with Crippen molar-refractivity contribution in [2.45, 2.75) is 12.8 Å². The van der Waals surface area contributed by atoms with Crippen molar-refractivity contribution in [3.05, 3.63) is 29.3 Å². The molecule has 0 N–H and O–H groups in total. The van der Waals surface area contributed by atoms with Crippen molar-refractivity contribution in [3.8, 4) is 5.75 Å². The zero-order valence-corrected chi connectivity index (χ0v) is 7.08. The van der Waals surface area contributed by atoms with Crippen LogP contribution in [0.25, 0.3) is 0 Å². The first-order chi connectivity index (χ1) is 6.25. The fourth-order valence-corrected chi connectivity index (χ4v) is 1.49. The number of rotatable bonds is 2. The Bertz CT molecular complexity index is 344. The predicted molar refractivity (Wildman–Crippen MR) is 44.4 cm³/mol. The summed E-state index contributed by atoms with van der Waals surface area (Å²) in [7, 11) is 0. The van der Waals surface area contributed by atoms with E-state index in [1.54, 1.807) is 6.07 Å². The summed E-state index contributed by atoms with van der Waals surface area (Å²) in [6, 6.07) is 5.50. The van der Waals surface area contributed by atoms with Gasteiger partial charge in [0.25, 0.3) is 0 Å². The highest BCUT2D eigenvalue weighted by Crippen LogP contribution is 2.26. The van der Waals surface area contributed by atoms with Crippen LogP contribution in [0.4, 0.5) is 0 Å². The van der Waals surface area contributed by atoms with Gasteiger partial charge in [-0.05, 0) is 17.2 Å². The van der Waals surface area contributed by atoms with E-state index in [1.807, 2.05) is 12.1 Å². The lowest BCUT2D eigenvalue weighted by atomic mass is 10.1. The number of carbonyl (C=O) groups is 1. The molecule has 1 aliphatic rings. The normalized spacial score (nSPS) is 13.5.